The van der Waals surface area contributed by atoms with Gasteiger partial charge in [-0.15, -0.1) is 0 Å². The van der Waals surface area contributed by atoms with Gasteiger partial charge in [0, 0.05) is 6.61 Å². The molecule has 0 amide bonds. The van der Waals surface area contributed by atoms with Crippen LogP contribution in [0.4, 0.5) is 0 Å². The first kappa shape index (κ1) is 14.0. The zero-order chi connectivity index (χ0) is 11.6. The van der Waals surface area contributed by atoms with E-state index >= 15 is 0 Å². The molecule has 2 atom stereocenters. The van der Waals surface area contributed by atoms with E-state index in [-0.39, 0.29) is 0 Å². The molecule has 0 bridgehead atoms. The zero-order valence-electron chi connectivity index (χ0n) is 11.1. The predicted octanol–water partition coefficient (Wildman–Crippen LogP) is 3.36. The minimum Gasteiger partial charge on any atom is -0.378 e. The lowest BCUT2D eigenvalue weighted by Crippen LogP contribution is -2.23. The number of hydrogen-bond donors (Lipinski definition) is 1. The fourth-order valence-electron chi connectivity index (χ4n) is 2.44. The molecule has 0 aliphatic carbocycles. The molecule has 0 saturated carbocycles. The van der Waals surface area contributed by atoms with Crippen molar-refractivity contribution in [3.63, 3.8) is 0 Å². The fourth-order valence-corrected chi connectivity index (χ4v) is 2.44. The lowest BCUT2D eigenvalue weighted by Gasteiger charge is -2.16. The number of hydrogen-bond acceptors (Lipinski definition) is 2. The molecule has 1 aliphatic heterocycles. The third-order valence-electron chi connectivity index (χ3n) is 3.60. The van der Waals surface area contributed by atoms with E-state index in [9.17, 15) is 0 Å². The molecule has 96 valence electrons. The van der Waals surface area contributed by atoms with E-state index in [1.54, 1.807) is 0 Å². The second kappa shape index (κ2) is 9.00. The standard InChI is InChI=1S/C14H29NO/c1-3-10-15-12-13(4-2)7-5-8-14-9-6-11-16-14/h13-15H,3-12H2,1-2H3. The molecule has 0 aromatic rings. The Morgan fingerprint density at radius 3 is 2.88 bits per heavy atom. The molecule has 16 heavy (non-hydrogen) atoms. The lowest BCUT2D eigenvalue weighted by molar-refractivity contribution is 0.101. The SMILES string of the molecule is CCCNCC(CC)CCCC1CCCO1. The van der Waals surface area contributed by atoms with Gasteiger partial charge in [0.25, 0.3) is 0 Å². The third-order valence-corrected chi connectivity index (χ3v) is 3.60. The molecule has 1 heterocycles. The van der Waals surface area contributed by atoms with Crippen molar-refractivity contribution in [1.29, 1.82) is 0 Å². The van der Waals surface area contributed by atoms with E-state index in [0.29, 0.717) is 6.10 Å². The van der Waals surface area contributed by atoms with Crippen LogP contribution < -0.4 is 5.32 Å². The molecule has 1 N–H and O–H groups in total. The summed E-state index contributed by atoms with van der Waals surface area (Å²) in [4.78, 5) is 0. The van der Waals surface area contributed by atoms with Gasteiger partial charge in [0.05, 0.1) is 6.10 Å². The number of nitrogens with one attached hydrogen (secondary N) is 1. The molecule has 2 nitrogen and oxygen atoms in total. The van der Waals surface area contributed by atoms with Crippen molar-refractivity contribution in [3.05, 3.63) is 0 Å². The highest BCUT2D eigenvalue weighted by Crippen LogP contribution is 2.20. The van der Waals surface area contributed by atoms with Crippen molar-refractivity contribution in [2.75, 3.05) is 19.7 Å². The fraction of sp³-hybridized carbons (Fsp3) is 1.00. The maximum atomic E-state index is 5.65. The summed E-state index contributed by atoms with van der Waals surface area (Å²) in [6, 6.07) is 0. The summed E-state index contributed by atoms with van der Waals surface area (Å²) in [5.41, 5.74) is 0. The largest absolute Gasteiger partial charge is 0.378 e. The van der Waals surface area contributed by atoms with E-state index < -0.39 is 0 Å². The van der Waals surface area contributed by atoms with Crippen LogP contribution in [0.3, 0.4) is 0 Å². The molecule has 2 heteroatoms. The molecule has 1 fully saturated rings. The Morgan fingerprint density at radius 2 is 2.25 bits per heavy atom. The summed E-state index contributed by atoms with van der Waals surface area (Å²) in [7, 11) is 0. The van der Waals surface area contributed by atoms with E-state index in [0.717, 1.165) is 12.5 Å². The molecule has 0 spiro atoms. The van der Waals surface area contributed by atoms with Gasteiger partial charge in [0.15, 0.2) is 0 Å². The molecule has 1 rings (SSSR count). The Kier molecular flexibility index (Phi) is 7.87. The predicted molar refractivity (Wildman–Crippen MR) is 69.8 cm³/mol. The highest BCUT2D eigenvalue weighted by Gasteiger charge is 2.15. The second-order valence-electron chi connectivity index (χ2n) is 5.04. The van der Waals surface area contributed by atoms with Gasteiger partial charge >= 0.3 is 0 Å². The van der Waals surface area contributed by atoms with Gasteiger partial charge in [-0.1, -0.05) is 26.7 Å². The highest BCUT2D eigenvalue weighted by molar-refractivity contribution is 4.67. The van der Waals surface area contributed by atoms with Crippen LogP contribution in [0, 0.1) is 5.92 Å². The Labute approximate surface area is 101 Å². The van der Waals surface area contributed by atoms with Crippen LogP contribution in [0.5, 0.6) is 0 Å². The molecule has 1 aliphatic rings. The Morgan fingerprint density at radius 1 is 1.38 bits per heavy atom. The van der Waals surface area contributed by atoms with Crippen molar-refractivity contribution in [3.8, 4) is 0 Å². The number of rotatable bonds is 9. The van der Waals surface area contributed by atoms with Crippen LogP contribution in [-0.4, -0.2) is 25.8 Å². The molecule has 0 aromatic carbocycles. The topological polar surface area (TPSA) is 21.3 Å². The monoisotopic (exact) mass is 227 g/mol. The molecule has 0 aromatic heterocycles. The van der Waals surface area contributed by atoms with Crippen molar-refractivity contribution in [2.45, 2.75) is 64.9 Å². The molecular weight excluding hydrogens is 198 g/mol. The Balaban J connectivity index is 1.99. The minimum absolute atomic E-state index is 0.584. The average molecular weight is 227 g/mol. The van der Waals surface area contributed by atoms with E-state index in [1.807, 2.05) is 0 Å². The van der Waals surface area contributed by atoms with E-state index in [1.165, 1.54) is 58.0 Å². The Bertz CT molecular complexity index is 155. The smallest absolute Gasteiger partial charge is 0.0576 e. The number of ether oxygens (including phenoxy) is 1. The van der Waals surface area contributed by atoms with E-state index in [2.05, 4.69) is 19.2 Å². The van der Waals surface area contributed by atoms with Crippen molar-refractivity contribution in [1.82, 2.24) is 5.32 Å². The van der Waals surface area contributed by atoms with Crippen LogP contribution in [-0.2, 0) is 4.74 Å². The quantitative estimate of drug-likeness (QED) is 0.610. The summed E-state index contributed by atoms with van der Waals surface area (Å²) in [6.07, 6.45) is 9.70. The molecule has 2 unspecified atom stereocenters. The van der Waals surface area contributed by atoms with Gasteiger partial charge in [-0.25, -0.2) is 0 Å². The molecule has 1 saturated heterocycles. The van der Waals surface area contributed by atoms with Crippen LogP contribution in [0.15, 0.2) is 0 Å². The maximum Gasteiger partial charge on any atom is 0.0576 e. The molecular formula is C14H29NO. The van der Waals surface area contributed by atoms with Gasteiger partial charge < -0.3 is 10.1 Å². The van der Waals surface area contributed by atoms with Gasteiger partial charge in [-0.3, -0.25) is 0 Å². The first-order valence-corrected chi connectivity index (χ1v) is 7.19. The van der Waals surface area contributed by atoms with Crippen LogP contribution in [0.25, 0.3) is 0 Å². The first-order valence-electron chi connectivity index (χ1n) is 7.19. The minimum atomic E-state index is 0.584. The van der Waals surface area contributed by atoms with Gasteiger partial charge in [-0.2, -0.15) is 0 Å². The van der Waals surface area contributed by atoms with E-state index in [4.69, 9.17) is 4.74 Å². The van der Waals surface area contributed by atoms with Crippen LogP contribution in [0.1, 0.15) is 58.8 Å². The first-order chi connectivity index (χ1) is 7.86. The van der Waals surface area contributed by atoms with Crippen molar-refractivity contribution >= 4 is 0 Å². The van der Waals surface area contributed by atoms with Crippen molar-refractivity contribution < 1.29 is 4.74 Å². The normalized spacial score (nSPS) is 22.5. The average Bonchev–Trinajstić information content (AvgIpc) is 2.80. The summed E-state index contributed by atoms with van der Waals surface area (Å²) >= 11 is 0. The van der Waals surface area contributed by atoms with Gasteiger partial charge in [0.1, 0.15) is 0 Å². The summed E-state index contributed by atoms with van der Waals surface area (Å²) in [5, 5.41) is 3.53. The summed E-state index contributed by atoms with van der Waals surface area (Å²) in [6.45, 7) is 7.91. The molecule has 0 radical (unpaired) electrons. The summed E-state index contributed by atoms with van der Waals surface area (Å²) < 4.78 is 5.65. The van der Waals surface area contributed by atoms with Gasteiger partial charge in [-0.05, 0) is 51.1 Å². The highest BCUT2D eigenvalue weighted by atomic mass is 16.5. The Hall–Kier alpha value is -0.0800. The zero-order valence-corrected chi connectivity index (χ0v) is 11.1. The van der Waals surface area contributed by atoms with Crippen molar-refractivity contribution in [2.24, 2.45) is 5.92 Å². The summed E-state index contributed by atoms with van der Waals surface area (Å²) in [5.74, 6) is 0.868. The van der Waals surface area contributed by atoms with Gasteiger partial charge in [0.2, 0.25) is 0 Å². The maximum absolute atomic E-state index is 5.65. The second-order valence-corrected chi connectivity index (χ2v) is 5.04. The lowest BCUT2D eigenvalue weighted by atomic mass is 9.97. The van der Waals surface area contributed by atoms with Crippen LogP contribution >= 0.6 is 0 Å². The van der Waals surface area contributed by atoms with Crippen LogP contribution in [0.2, 0.25) is 0 Å². The third kappa shape index (κ3) is 5.86.